The average molecular weight is 247 g/mol. The van der Waals surface area contributed by atoms with E-state index in [2.05, 4.69) is 15.6 Å². The fourth-order valence-electron chi connectivity index (χ4n) is 2.16. The lowest BCUT2D eigenvalue weighted by molar-refractivity contribution is 0.0949. The van der Waals surface area contributed by atoms with E-state index >= 15 is 0 Å². The number of carbonyl (C=O) groups excluding carboxylic acids is 1. The minimum absolute atomic E-state index is 0.0293. The van der Waals surface area contributed by atoms with Gasteiger partial charge in [0.05, 0.1) is 5.56 Å². The van der Waals surface area contributed by atoms with Gasteiger partial charge in [-0.25, -0.2) is 4.98 Å². The molecule has 0 unspecified atom stereocenters. The molecule has 0 bridgehead atoms. The fourth-order valence-corrected chi connectivity index (χ4v) is 2.16. The molecule has 18 heavy (non-hydrogen) atoms. The number of rotatable bonds is 6. The molecule has 4 nitrogen and oxygen atoms in total. The van der Waals surface area contributed by atoms with Gasteiger partial charge in [-0.3, -0.25) is 4.79 Å². The van der Waals surface area contributed by atoms with Crippen molar-refractivity contribution in [1.29, 1.82) is 0 Å². The molecule has 0 radical (unpaired) electrons. The summed E-state index contributed by atoms with van der Waals surface area (Å²) < 4.78 is 0. The molecule has 98 valence electrons. The predicted molar refractivity (Wildman–Crippen MR) is 72.7 cm³/mol. The number of carbonyl (C=O) groups is 1. The summed E-state index contributed by atoms with van der Waals surface area (Å²) in [6.07, 6.45) is 6.80. The first-order valence-electron chi connectivity index (χ1n) is 6.78. The second-order valence-corrected chi connectivity index (χ2v) is 4.77. The summed E-state index contributed by atoms with van der Waals surface area (Å²) in [6.45, 7) is 3.52. The summed E-state index contributed by atoms with van der Waals surface area (Å²) in [5.74, 6) is 1.46. The van der Waals surface area contributed by atoms with Crippen molar-refractivity contribution in [3.63, 3.8) is 0 Å². The van der Waals surface area contributed by atoms with Crippen molar-refractivity contribution in [2.75, 3.05) is 18.4 Å². The predicted octanol–water partition coefficient (Wildman–Crippen LogP) is 2.43. The van der Waals surface area contributed by atoms with E-state index in [4.69, 9.17) is 0 Å². The Kier molecular flexibility index (Phi) is 4.56. The van der Waals surface area contributed by atoms with E-state index in [1.165, 1.54) is 19.3 Å². The van der Waals surface area contributed by atoms with Gasteiger partial charge in [0.2, 0.25) is 0 Å². The van der Waals surface area contributed by atoms with Gasteiger partial charge < -0.3 is 10.6 Å². The smallest absolute Gasteiger partial charge is 0.255 e. The summed E-state index contributed by atoms with van der Waals surface area (Å²) in [6, 6.07) is 3.60. The van der Waals surface area contributed by atoms with Crippen LogP contribution in [-0.4, -0.2) is 24.0 Å². The Bertz CT molecular complexity index is 402. The van der Waals surface area contributed by atoms with Gasteiger partial charge in [0.25, 0.3) is 5.91 Å². The Morgan fingerprint density at radius 2 is 2.33 bits per heavy atom. The molecule has 0 aliphatic heterocycles. The van der Waals surface area contributed by atoms with Crippen molar-refractivity contribution in [3.05, 3.63) is 23.9 Å². The van der Waals surface area contributed by atoms with Crippen molar-refractivity contribution in [2.45, 2.75) is 32.6 Å². The van der Waals surface area contributed by atoms with Crippen molar-refractivity contribution in [2.24, 2.45) is 5.92 Å². The van der Waals surface area contributed by atoms with E-state index in [-0.39, 0.29) is 5.91 Å². The average Bonchev–Trinajstić information content (AvgIpc) is 2.33. The van der Waals surface area contributed by atoms with Crippen molar-refractivity contribution >= 4 is 11.7 Å². The topological polar surface area (TPSA) is 54.0 Å². The largest absolute Gasteiger partial charge is 0.370 e. The fraction of sp³-hybridized carbons (Fsp3) is 0.571. The Morgan fingerprint density at radius 1 is 1.50 bits per heavy atom. The summed E-state index contributed by atoms with van der Waals surface area (Å²) in [7, 11) is 0. The highest BCUT2D eigenvalue weighted by molar-refractivity contribution is 5.98. The molecule has 1 fully saturated rings. The number of hydrogen-bond donors (Lipinski definition) is 2. The maximum atomic E-state index is 12.0. The van der Waals surface area contributed by atoms with Crippen LogP contribution in [0.1, 0.15) is 43.0 Å². The number of aromatic nitrogens is 1. The molecule has 1 aromatic heterocycles. The zero-order valence-electron chi connectivity index (χ0n) is 10.9. The highest BCUT2D eigenvalue weighted by Gasteiger charge is 2.17. The maximum Gasteiger partial charge on any atom is 0.255 e. The summed E-state index contributed by atoms with van der Waals surface area (Å²) in [5, 5.41) is 6.08. The van der Waals surface area contributed by atoms with Gasteiger partial charge in [-0.2, -0.15) is 0 Å². The number of pyridine rings is 1. The van der Waals surface area contributed by atoms with Crippen LogP contribution in [0.4, 0.5) is 5.82 Å². The van der Waals surface area contributed by atoms with Crippen LogP contribution >= 0.6 is 0 Å². The minimum atomic E-state index is -0.0293. The van der Waals surface area contributed by atoms with Gasteiger partial charge in [0, 0.05) is 19.3 Å². The van der Waals surface area contributed by atoms with Gasteiger partial charge in [0.15, 0.2) is 0 Å². The zero-order chi connectivity index (χ0) is 12.8. The van der Waals surface area contributed by atoms with Crippen molar-refractivity contribution < 1.29 is 4.79 Å². The molecule has 2 rings (SSSR count). The lowest BCUT2D eigenvalue weighted by Crippen LogP contribution is -2.28. The van der Waals surface area contributed by atoms with Crippen LogP contribution in [0, 0.1) is 5.92 Å². The Morgan fingerprint density at radius 3 is 3.00 bits per heavy atom. The second-order valence-electron chi connectivity index (χ2n) is 4.77. The maximum absolute atomic E-state index is 12.0. The van der Waals surface area contributed by atoms with Crippen LogP contribution in [0.5, 0.6) is 0 Å². The third-order valence-electron chi connectivity index (χ3n) is 3.46. The van der Waals surface area contributed by atoms with E-state index in [0.29, 0.717) is 11.4 Å². The molecule has 0 saturated heterocycles. The zero-order valence-corrected chi connectivity index (χ0v) is 10.9. The Hall–Kier alpha value is -1.58. The van der Waals surface area contributed by atoms with Crippen LogP contribution < -0.4 is 10.6 Å². The first-order valence-corrected chi connectivity index (χ1v) is 6.78. The molecule has 0 spiro atoms. The van der Waals surface area contributed by atoms with Crippen LogP contribution in [-0.2, 0) is 0 Å². The molecule has 2 N–H and O–H groups in total. The Labute approximate surface area is 108 Å². The molecular weight excluding hydrogens is 226 g/mol. The highest BCUT2D eigenvalue weighted by Crippen LogP contribution is 2.28. The standard InChI is InChI=1S/C14H21N3O/c1-2-15-13-12(7-4-9-16-13)14(18)17-10-8-11-5-3-6-11/h4,7,9,11H,2-3,5-6,8,10H2,1H3,(H,15,16)(H,17,18). The molecular formula is C14H21N3O. The van der Waals surface area contributed by atoms with E-state index < -0.39 is 0 Å². The van der Waals surface area contributed by atoms with Gasteiger partial charge in [-0.15, -0.1) is 0 Å². The first-order chi connectivity index (χ1) is 8.81. The van der Waals surface area contributed by atoms with Crippen LogP contribution in [0.15, 0.2) is 18.3 Å². The number of amides is 1. The SMILES string of the molecule is CCNc1ncccc1C(=O)NCCC1CCC1. The molecule has 1 amide bonds. The van der Waals surface area contributed by atoms with E-state index in [1.54, 1.807) is 12.3 Å². The molecule has 1 aliphatic carbocycles. The van der Waals surface area contributed by atoms with Gasteiger partial charge in [0.1, 0.15) is 5.82 Å². The molecule has 0 atom stereocenters. The van der Waals surface area contributed by atoms with E-state index in [1.807, 2.05) is 13.0 Å². The quantitative estimate of drug-likeness (QED) is 0.811. The third kappa shape index (κ3) is 3.22. The highest BCUT2D eigenvalue weighted by atomic mass is 16.1. The van der Waals surface area contributed by atoms with Crippen molar-refractivity contribution in [1.82, 2.24) is 10.3 Å². The summed E-state index contributed by atoms with van der Waals surface area (Å²) in [4.78, 5) is 16.2. The number of anilines is 1. The lowest BCUT2D eigenvalue weighted by Gasteiger charge is -2.25. The summed E-state index contributed by atoms with van der Waals surface area (Å²) in [5.41, 5.74) is 0.632. The van der Waals surface area contributed by atoms with Crippen LogP contribution in [0.3, 0.4) is 0 Å². The number of nitrogens with zero attached hydrogens (tertiary/aromatic N) is 1. The molecule has 1 heterocycles. The van der Waals surface area contributed by atoms with Crippen LogP contribution in [0.2, 0.25) is 0 Å². The lowest BCUT2D eigenvalue weighted by atomic mass is 9.83. The normalized spacial score (nSPS) is 14.9. The first kappa shape index (κ1) is 12.9. The van der Waals surface area contributed by atoms with Gasteiger partial charge in [-0.05, 0) is 31.4 Å². The monoisotopic (exact) mass is 247 g/mol. The van der Waals surface area contributed by atoms with Crippen molar-refractivity contribution in [3.8, 4) is 0 Å². The van der Waals surface area contributed by atoms with Crippen LogP contribution in [0.25, 0.3) is 0 Å². The molecule has 1 saturated carbocycles. The molecule has 1 aromatic rings. The second kappa shape index (κ2) is 6.38. The molecule has 1 aliphatic rings. The minimum Gasteiger partial charge on any atom is -0.370 e. The third-order valence-corrected chi connectivity index (χ3v) is 3.46. The van der Waals surface area contributed by atoms with Gasteiger partial charge >= 0.3 is 0 Å². The summed E-state index contributed by atoms with van der Waals surface area (Å²) >= 11 is 0. The number of hydrogen-bond acceptors (Lipinski definition) is 3. The Balaban J connectivity index is 1.86. The number of nitrogens with one attached hydrogen (secondary N) is 2. The van der Waals surface area contributed by atoms with E-state index in [0.717, 1.165) is 25.4 Å². The van der Waals surface area contributed by atoms with Gasteiger partial charge in [-0.1, -0.05) is 19.3 Å². The van der Waals surface area contributed by atoms with E-state index in [9.17, 15) is 4.79 Å². The molecule has 4 heteroatoms. The molecule has 0 aromatic carbocycles.